The number of carboxylic acids is 1. The van der Waals surface area contributed by atoms with Gasteiger partial charge in [0, 0.05) is 18.8 Å². The van der Waals surface area contributed by atoms with Gasteiger partial charge in [0.25, 0.3) is 0 Å². The van der Waals surface area contributed by atoms with Crippen LogP contribution in [0, 0.1) is 0 Å². The number of carbonyl (C=O) groups is 1. The summed E-state index contributed by atoms with van der Waals surface area (Å²) in [5.41, 5.74) is 1.16. The highest BCUT2D eigenvalue weighted by molar-refractivity contribution is 5.88. The molecule has 4 heteroatoms. The molecule has 0 spiro atoms. The average Bonchev–Trinajstić information content (AvgIpc) is 2.54. The molecule has 0 amide bonds. The largest absolute Gasteiger partial charge is 0.478 e. The molecule has 0 radical (unpaired) electrons. The molecule has 1 aliphatic rings. The van der Waals surface area contributed by atoms with E-state index in [2.05, 4.69) is 4.90 Å². The van der Waals surface area contributed by atoms with E-state index in [0.717, 1.165) is 18.7 Å². The van der Waals surface area contributed by atoms with E-state index in [0.29, 0.717) is 19.4 Å². The van der Waals surface area contributed by atoms with Crippen LogP contribution in [0.4, 0.5) is 10.1 Å². The van der Waals surface area contributed by atoms with E-state index in [4.69, 9.17) is 5.11 Å². The van der Waals surface area contributed by atoms with Crippen LogP contribution < -0.4 is 4.90 Å². The van der Waals surface area contributed by atoms with Gasteiger partial charge in [0.2, 0.25) is 0 Å². The number of benzene rings is 1. The van der Waals surface area contributed by atoms with Crippen LogP contribution in [-0.4, -0.2) is 30.3 Å². The van der Waals surface area contributed by atoms with Gasteiger partial charge >= 0.3 is 5.97 Å². The van der Waals surface area contributed by atoms with E-state index in [-0.39, 0.29) is 5.56 Å². The first-order chi connectivity index (χ1) is 8.16. The predicted molar refractivity (Wildman–Crippen MR) is 64.4 cm³/mol. The third-order valence-electron chi connectivity index (χ3n) is 3.12. The minimum absolute atomic E-state index is 0.281. The normalized spacial score (nSPS) is 21.0. The number of halogens is 1. The molecule has 0 saturated carbocycles. The van der Waals surface area contributed by atoms with Crippen LogP contribution in [-0.2, 0) is 0 Å². The lowest BCUT2D eigenvalue weighted by atomic mass is 10.2. The van der Waals surface area contributed by atoms with Crippen molar-refractivity contribution in [3.05, 3.63) is 29.8 Å². The summed E-state index contributed by atoms with van der Waals surface area (Å²) in [6, 6.07) is 6.84. The predicted octanol–water partition coefficient (Wildman–Crippen LogP) is 2.71. The number of nitrogens with zero attached hydrogens (tertiary/aromatic N) is 1. The number of aromatic carboxylic acids is 1. The number of carboxylic acid groups (broad SMARTS) is 1. The Kier molecular flexibility index (Phi) is 3.61. The second-order valence-corrected chi connectivity index (χ2v) is 4.37. The van der Waals surface area contributed by atoms with Crippen LogP contribution in [0.5, 0.6) is 0 Å². The molecule has 2 rings (SSSR count). The second kappa shape index (κ2) is 5.17. The summed E-state index contributed by atoms with van der Waals surface area (Å²) in [4.78, 5) is 12.9. The van der Waals surface area contributed by atoms with Crippen LogP contribution >= 0.6 is 0 Å². The molecule has 0 aromatic heterocycles. The summed E-state index contributed by atoms with van der Waals surface area (Å²) in [5.74, 6) is -0.926. The SMILES string of the molecule is O=C(O)c1cccc(N2CCCC(F)CC2)c1. The van der Waals surface area contributed by atoms with E-state index in [1.165, 1.54) is 0 Å². The summed E-state index contributed by atoms with van der Waals surface area (Å²) < 4.78 is 13.2. The lowest BCUT2D eigenvalue weighted by Gasteiger charge is -2.22. The van der Waals surface area contributed by atoms with Crippen molar-refractivity contribution in [2.24, 2.45) is 0 Å². The van der Waals surface area contributed by atoms with Gasteiger partial charge in [-0.15, -0.1) is 0 Å². The summed E-state index contributed by atoms with van der Waals surface area (Å²) in [7, 11) is 0. The van der Waals surface area contributed by atoms with Crippen LogP contribution in [0.1, 0.15) is 29.6 Å². The minimum atomic E-state index is -0.926. The van der Waals surface area contributed by atoms with E-state index in [1.54, 1.807) is 18.2 Å². The van der Waals surface area contributed by atoms with Crippen molar-refractivity contribution < 1.29 is 14.3 Å². The first-order valence-electron chi connectivity index (χ1n) is 5.89. The number of anilines is 1. The quantitative estimate of drug-likeness (QED) is 0.859. The lowest BCUT2D eigenvalue weighted by molar-refractivity contribution is 0.0697. The fourth-order valence-corrected chi connectivity index (χ4v) is 2.15. The number of hydrogen-bond acceptors (Lipinski definition) is 2. The van der Waals surface area contributed by atoms with Crippen molar-refractivity contribution in [3.63, 3.8) is 0 Å². The Morgan fingerprint density at radius 2 is 2.18 bits per heavy atom. The Labute approximate surface area is 99.9 Å². The van der Waals surface area contributed by atoms with Crippen LogP contribution in [0.25, 0.3) is 0 Å². The van der Waals surface area contributed by atoms with Gasteiger partial charge in [-0.3, -0.25) is 0 Å². The van der Waals surface area contributed by atoms with Crippen molar-refractivity contribution in [1.29, 1.82) is 0 Å². The first kappa shape index (κ1) is 11.9. The Bertz CT molecular complexity index is 408. The summed E-state index contributed by atoms with van der Waals surface area (Å²) in [5, 5.41) is 8.93. The highest BCUT2D eigenvalue weighted by Gasteiger charge is 2.17. The fraction of sp³-hybridized carbons (Fsp3) is 0.462. The Morgan fingerprint density at radius 3 is 2.94 bits per heavy atom. The first-order valence-corrected chi connectivity index (χ1v) is 5.89. The Balaban J connectivity index is 2.15. The number of hydrogen-bond donors (Lipinski definition) is 1. The third kappa shape index (κ3) is 2.96. The molecule has 3 nitrogen and oxygen atoms in total. The number of rotatable bonds is 2. The summed E-state index contributed by atoms with van der Waals surface area (Å²) in [6.07, 6.45) is 1.23. The Morgan fingerprint density at radius 1 is 1.35 bits per heavy atom. The molecule has 0 aliphatic carbocycles. The summed E-state index contributed by atoms with van der Waals surface area (Å²) >= 11 is 0. The smallest absolute Gasteiger partial charge is 0.335 e. The van der Waals surface area contributed by atoms with Gasteiger partial charge in [0.15, 0.2) is 0 Å². The van der Waals surface area contributed by atoms with Crippen LogP contribution in [0.3, 0.4) is 0 Å². The zero-order valence-electron chi connectivity index (χ0n) is 9.60. The summed E-state index contributed by atoms with van der Waals surface area (Å²) in [6.45, 7) is 1.45. The molecule has 1 aliphatic heterocycles. The highest BCUT2D eigenvalue weighted by Crippen LogP contribution is 2.21. The Hall–Kier alpha value is -1.58. The van der Waals surface area contributed by atoms with E-state index in [9.17, 15) is 9.18 Å². The molecule has 1 heterocycles. The van der Waals surface area contributed by atoms with E-state index in [1.807, 2.05) is 6.07 Å². The molecule has 1 N–H and O–H groups in total. The van der Waals surface area contributed by atoms with Crippen molar-refractivity contribution in [2.45, 2.75) is 25.4 Å². The van der Waals surface area contributed by atoms with Crippen LogP contribution in [0.2, 0.25) is 0 Å². The van der Waals surface area contributed by atoms with Crippen molar-refractivity contribution >= 4 is 11.7 Å². The van der Waals surface area contributed by atoms with Gasteiger partial charge in [-0.05, 0) is 37.5 Å². The average molecular weight is 237 g/mol. The molecule has 92 valence electrons. The van der Waals surface area contributed by atoms with Gasteiger partial charge in [-0.1, -0.05) is 6.07 Å². The molecule has 1 saturated heterocycles. The molecule has 17 heavy (non-hydrogen) atoms. The van der Waals surface area contributed by atoms with E-state index >= 15 is 0 Å². The van der Waals surface area contributed by atoms with Gasteiger partial charge in [-0.2, -0.15) is 0 Å². The molecule has 0 bridgehead atoms. The highest BCUT2D eigenvalue weighted by atomic mass is 19.1. The third-order valence-corrected chi connectivity index (χ3v) is 3.12. The van der Waals surface area contributed by atoms with Crippen molar-refractivity contribution in [1.82, 2.24) is 0 Å². The lowest BCUT2D eigenvalue weighted by Crippen LogP contribution is -2.24. The molecule has 1 aromatic rings. The topological polar surface area (TPSA) is 40.5 Å². The van der Waals surface area contributed by atoms with Gasteiger partial charge < -0.3 is 10.0 Å². The van der Waals surface area contributed by atoms with Gasteiger partial charge in [0.05, 0.1) is 5.56 Å². The van der Waals surface area contributed by atoms with Crippen molar-refractivity contribution in [3.8, 4) is 0 Å². The van der Waals surface area contributed by atoms with Gasteiger partial charge in [0.1, 0.15) is 6.17 Å². The molecular weight excluding hydrogens is 221 g/mol. The maximum atomic E-state index is 13.2. The monoisotopic (exact) mass is 237 g/mol. The maximum Gasteiger partial charge on any atom is 0.335 e. The minimum Gasteiger partial charge on any atom is -0.478 e. The molecular formula is C13H16FNO2. The maximum absolute atomic E-state index is 13.2. The zero-order chi connectivity index (χ0) is 12.3. The van der Waals surface area contributed by atoms with Crippen LogP contribution in [0.15, 0.2) is 24.3 Å². The van der Waals surface area contributed by atoms with Gasteiger partial charge in [-0.25, -0.2) is 9.18 Å². The van der Waals surface area contributed by atoms with E-state index < -0.39 is 12.1 Å². The molecule has 1 atom stereocenters. The molecule has 1 aromatic carbocycles. The standard InChI is InChI=1S/C13H16FNO2/c14-11-4-2-7-15(8-6-11)12-5-1-3-10(9-12)13(16)17/h1,3,5,9,11H,2,4,6-8H2,(H,16,17). The molecule has 1 fully saturated rings. The second-order valence-electron chi connectivity index (χ2n) is 4.37. The molecule has 1 unspecified atom stereocenters. The number of alkyl halides is 1. The zero-order valence-corrected chi connectivity index (χ0v) is 9.60. The fourth-order valence-electron chi connectivity index (χ4n) is 2.15. The van der Waals surface area contributed by atoms with Crippen molar-refractivity contribution in [2.75, 3.05) is 18.0 Å².